The molecule has 1 atom stereocenters. The first kappa shape index (κ1) is 8.12. The second kappa shape index (κ2) is 3.49. The average molecular weight is 180 g/mol. The van der Waals surface area contributed by atoms with E-state index < -0.39 is 0 Å². The third kappa shape index (κ3) is 1.64. The van der Waals surface area contributed by atoms with Crippen molar-refractivity contribution in [1.29, 1.82) is 0 Å². The van der Waals surface area contributed by atoms with Gasteiger partial charge in [0, 0.05) is 5.02 Å². The molecule has 0 saturated heterocycles. The molecule has 0 N–H and O–H groups in total. The van der Waals surface area contributed by atoms with Gasteiger partial charge in [0.2, 0.25) is 0 Å². The lowest BCUT2D eigenvalue weighted by atomic mass is 9.98. The van der Waals surface area contributed by atoms with E-state index in [2.05, 4.69) is 18.6 Å². The summed E-state index contributed by atoms with van der Waals surface area (Å²) in [5.74, 6) is 0.683. The van der Waals surface area contributed by atoms with Crippen molar-refractivity contribution in [3.63, 3.8) is 0 Å². The van der Waals surface area contributed by atoms with Crippen molar-refractivity contribution in [3.05, 3.63) is 41.3 Å². The van der Waals surface area contributed by atoms with E-state index in [0.717, 1.165) is 5.02 Å². The zero-order valence-electron chi connectivity index (χ0n) is 6.96. The van der Waals surface area contributed by atoms with Crippen LogP contribution in [0.5, 0.6) is 0 Å². The minimum atomic E-state index is 0.683. The molecule has 1 aromatic carbocycles. The van der Waals surface area contributed by atoms with Crippen LogP contribution in [0, 0.1) is 6.42 Å². The molecule has 1 heteroatoms. The van der Waals surface area contributed by atoms with E-state index in [9.17, 15) is 0 Å². The van der Waals surface area contributed by atoms with Gasteiger partial charge < -0.3 is 0 Å². The summed E-state index contributed by atoms with van der Waals surface area (Å²) in [4.78, 5) is 0. The first-order chi connectivity index (χ1) is 5.86. The summed E-state index contributed by atoms with van der Waals surface area (Å²) in [6.45, 7) is 0. The molecule has 12 heavy (non-hydrogen) atoms. The Morgan fingerprint density at radius 3 is 2.50 bits per heavy atom. The molecule has 1 unspecified atom stereocenters. The molecule has 0 amide bonds. The van der Waals surface area contributed by atoms with Crippen molar-refractivity contribution < 1.29 is 0 Å². The summed E-state index contributed by atoms with van der Waals surface area (Å²) in [7, 11) is 0. The molecule has 1 saturated carbocycles. The number of hydrogen-bond acceptors (Lipinski definition) is 0. The largest absolute Gasteiger partial charge is 0.0843 e. The zero-order chi connectivity index (χ0) is 8.39. The lowest BCUT2D eigenvalue weighted by Crippen LogP contribution is -1.91. The molecule has 0 aliphatic heterocycles. The number of benzene rings is 1. The molecule has 1 aromatic rings. The van der Waals surface area contributed by atoms with Gasteiger partial charge in [-0.05, 0) is 42.9 Å². The van der Waals surface area contributed by atoms with Crippen molar-refractivity contribution in [2.45, 2.75) is 25.2 Å². The van der Waals surface area contributed by atoms with Crippen LogP contribution in [-0.4, -0.2) is 0 Å². The molecule has 1 aliphatic carbocycles. The topological polar surface area (TPSA) is 0 Å². The molecule has 1 aliphatic rings. The van der Waals surface area contributed by atoms with E-state index in [0.29, 0.717) is 5.92 Å². The van der Waals surface area contributed by atoms with Crippen molar-refractivity contribution in [1.82, 2.24) is 0 Å². The Hall–Kier alpha value is -0.490. The van der Waals surface area contributed by atoms with Gasteiger partial charge in [0.15, 0.2) is 0 Å². The Balaban J connectivity index is 2.17. The van der Waals surface area contributed by atoms with Gasteiger partial charge in [0.05, 0.1) is 0 Å². The molecule has 0 spiro atoms. The first-order valence-electron chi connectivity index (χ1n) is 4.45. The zero-order valence-corrected chi connectivity index (χ0v) is 7.72. The van der Waals surface area contributed by atoms with Crippen LogP contribution in [0.3, 0.4) is 0 Å². The maximum absolute atomic E-state index is 5.81. The Kier molecular flexibility index (Phi) is 2.36. The van der Waals surface area contributed by atoms with Crippen LogP contribution in [0.1, 0.15) is 30.7 Å². The molecular formula is C11H12Cl. The van der Waals surface area contributed by atoms with Crippen LogP contribution in [0.2, 0.25) is 5.02 Å². The van der Waals surface area contributed by atoms with Crippen LogP contribution in [0.4, 0.5) is 0 Å². The number of halogens is 1. The minimum absolute atomic E-state index is 0.683. The normalized spacial score (nSPS) is 18.4. The molecule has 1 radical (unpaired) electrons. The van der Waals surface area contributed by atoms with Gasteiger partial charge in [-0.15, -0.1) is 0 Å². The summed E-state index contributed by atoms with van der Waals surface area (Å²) in [5, 5.41) is 0.830. The van der Waals surface area contributed by atoms with E-state index in [1.54, 1.807) is 0 Å². The number of hydrogen-bond donors (Lipinski definition) is 0. The fourth-order valence-electron chi connectivity index (χ4n) is 1.79. The Labute approximate surface area is 78.6 Å². The highest BCUT2D eigenvalue weighted by atomic mass is 35.5. The highest BCUT2D eigenvalue weighted by Crippen LogP contribution is 2.33. The van der Waals surface area contributed by atoms with Crippen molar-refractivity contribution in [3.8, 4) is 0 Å². The lowest BCUT2D eigenvalue weighted by molar-refractivity contribution is 0.791. The maximum Gasteiger partial charge on any atom is 0.0406 e. The second-order valence-electron chi connectivity index (χ2n) is 3.32. The van der Waals surface area contributed by atoms with E-state index in [-0.39, 0.29) is 0 Å². The van der Waals surface area contributed by atoms with Crippen LogP contribution >= 0.6 is 11.6 Å². The smallest absolute Gasteiger partial charge is 0.0406 e. The third-order valence-corrected chi connectivity index (χ3v) is 2.72. The first-order valence-corrected chi connectivity index (χ1v) is 4.83. The average Bonchev–Trinajstić information content (AvgIpc) is 2.58. The van der Waals surface area contributed by atoms with E-state index >= 15 is 0 Å². The van der Waals surface area contributed by atoms with Crippen molar-refractivity contribution >= 4 is 11.6 Å². The summed E-state index contributed by atoms with van der Waals surface area (Å²) >= 11 is 5.81. The molecule has 0 bridgehead atoms. The van der Waals surface area contributed by atoms with Crippen molar-refractivity contribution in [2.24, 2.45) is 0 Å². The summed E-state index contributed by atoms with van der Waals surface area (Å²) in [6.07, 6.45) is 6.32. The summed E-state index contributed by atoms with van der Waals surface area (Å²) in [6, 6.07) is 8.22. The molecule has 63 valence electrons. The van der Waals surface area contributed by atoms with Crippen LogP contribution in [0.15, 0.2) is 24.3 Å². The Morgan fingerprint density at radius 2 is 1.92 bits per heavy atom. The fraction of sp³-hybridized carbons (Fsp3) is 0.364. The molecular weight excluding hydrogens is 168 g/mol. The van der Waals surface area contributed by atoms with Crippen molar-refractivity contribution in [2.75, 3.05) is 0 Å². The fourth-order valence-corrected chi connectivity index (χ4v) is 1.91. The Bertz CT molecular complexity index is 244. The lowest BCUT2D eigenvalue weighted by Gasteiger charge is -2.07. The second-order valence-corrected chi connectivity index (χ2v) is 3.76. The SMILES string of the molecule is Clc1ccc(C2[CH]CCC2)cc1. The van der Waals surface area contributed by atoms with Gasteiger partial charge >= 0.3 is 0 Å². The highest BCUT2D eigenvalue weighted by Gasteiger charge is 2.16. The van der Waals surface area contributed by atoms with Crippen LogP contribution < -0.4 is 0 Å². The predicted molar refractivity (Wildman–Crippen MR) is 52.3 cm³/mol. The van der Waals surface area contributed by atoms with Gasteiger partial charge in [-0.25, -0.2) is 0 Å². The predicted octanol–water partition coefficient (Wildman–Crippen LogP) is 3.81. The van der Waals surface area contributed by atoms with E-state index in [1.807, 2.05) is 12.1 Å². The van der Waals surface area contributed by atoms with Crippen LogP contribution in [-0.2, 0) is 0 Å². The van der Waals surface area contributed by atoms with Gasteiger partial charge in [-0.3, -0.25) is 0 Å². The standard InChI is InChI=1S/C11H12Cl/c12-11-7-5-10(6-8-11)9-3-1-2-4-9/h3,5-9H,1-2,4H2. The number of rotatable bonds is 1. The highest BCUT2D eigenvalue weighted by molar-refractivity contribution is 6.30. The third-order valence-electron chi connectivity index (χ3n) is 2.47. The van der Waals surface area contributed by atoms with E-state index in [1.165, 1.54) is 24.8 Å². The van der Waals surface area contributed by atoms with Gasteiger partial charge in [0.25, 0.3) is 0 Å². The molecule has 0 nitrogen and oxygen atoms in total. The maximum atomic E-state index is 5.81. The van der Waals surface area contributed by atoms with Crippen LogP contribution in [0.25, 0.3) is 0 Å². The quantitative estimate of drug-likeness (QED) is 0.615. The summed E-state index contributed by atoms with van der Waals surface area (Å²) in [5.41, 5.74) is 1.41. The Morgan fingerprint density at radius 1 is 1.17 bits per heavy atom. The van der Waals surface area contributed by atoms with Gasteiger partial charge in [-0.2, -0.15) is 0 Å². The van der Waals surface area contributed by atoms with E-state index in [4.69, 9.17) is 11.6 Å². The van der Waals surface area contributed by atoms with Gasteiger partial charge in [0.1, 0.15) is 0 Å². The minimum Gasteiger partial charge on any atom is -0.0843 e. The molecule has 0 aromatic heterocycles. The van der Waals surface area contributed by atoms with Gasteiger partial charge in [-0.1, -0.05) is 30.2 Å². The monoisotopic (exact) mass is 179 g/mol. The molecule has 0 heterocycles. The molecule has 2 rings (SSSR count). The molecule has 1 fully saturated rings. The summed E-state index contributed by atoms with van der Waals surface area (Å²) < 4.78 is 0.